The highest BCUT2D eigenvalue weighted by Gasteiger charge is 2.42. The Balaban J connectivity index is 1.22. The minimum atomic E-state index is -0.891. The molecule has 0 N–H and O–H groups in total. The normalized spacial score (nSPS) is 12.5. The monoisotopic (exact) mass is 695 g/mol. The number of benzene rings is 5. The first-order chi connectivity index (χ1) is 26.0. The Morgan fingerprint density at radius 1 is 0.679 bits per heavy atom. The number of carbonyl (C=O) groups is 1. The van der Waals surface area contributed by atoms with Crippen molar-refractivity contribution in [3.8, 4) is 22.5 Å². The highest BCUT2D eigenvalue weighted by atomic mass is 16.2. The van der Waals surface area contributed by atoms with E-state index in [4.69, 9.17) is 10.3 Å². The molecule has 9 nitrogen and oxygen atoms in total. The quantitative estimate of drug-likeness (QED) is 0.127. The molecule has 3 heterocycles. The zero-order chi connectivity index (χ0) is 36.4. The number of tetrazole rings is 1. The lowest BCUT2D eigenvalue weighted by molar-refractivity contribution is 0.0992. The number of unbranched alkanes of at least 4 members (excludes halogenated alkanes) is 1. The predicted octanol–water partition coefficient (Wildman–Crippen LogP) is 8.08. The average Bonchev–Trinajstić information content (AvgIpc) is 3.80. The first-order valence-corrected chi connectivity index (χ1v) is 17.9. The fourth-order valence-corrected chi connectivity index (χ4v) is 7.44. The topological polar surface area (TPSA) is 108 Å². The van der Waals surface area contributed by atoms with Gasteiger partial charge in [0, 0.05) is 23.2 Å². The largest absolute Gasteiger partial charge is 0.279 e. The van der Waals surface area contributed by atoms with Gasteiger partial charge in [-0.05, 0) is 63.6 Å². The number of aliphatic imine (C=N–C) groups is 1. The van der Waals surface area contributed by atoms with E-state index in [1.54, 1.807) is 6.92 Å². The van der Waals surface area contributed by atoms with Crippen molar-refractivity contribution in [1.29, 1.82) is 0 Å². The van der Waals surface area contributed by atoms with E-state index >= 15 is 0 Å². The van der Waals surface area contributed by atoms with Crippen molar-refractivity contribution in [3.63, 3.8) is 0 Å². The van der Waals surface area contributed by atoms with Gasteiger partial charge in [0.05, 0.1) is 0 Å². The zero-order valence-corrected chi connectivity index (χ0v) is 29.6. The first kappa shape index (κ1) is 33.5. The fourth-order valence-electron chi connectivity index (χ4n) is 7.44. The molecule has 0 aliphatic carbocycles. The standard InChI is InChI=1S/C44H37N7O2/c1-3-4-24-39-38(41(52)46-43-45-30(2)42(53)50(39)43)29-31-25-27-32(28-26-31)36-22-14-15-23-37(36)40-47-48-49-51(40)44(33-16-8-5-9-17-33,34-18-10-6-11-19-34)35-20-12-7-13-21-35/h5-23,25-28H,3-4,24,29H2,1-2H3. The Bertz CT molecular complexity index is 2410. The molecule has 260 valence electrons. The summed E-state index contributed by atoms with van der Waals surface area (Å²) in [5, 5.41) is 13.7. The molecule has 0 unspecified atom stereocenters. The molecule has 2 aromatic heterocycles. The van der Waals surface area contributed by atoms with Crippen LogP contribution in [0.4, 0.5) is 5.95 Å². The Labute approximate surface area is 307 Å². The summed E-state index contributed by atoms with van der Waals surface area (Å²) in [7, 11) is 0. The molecule has 0 amide bonds. The second-order valence-corrected chi connectivity index (χ2v) is 13.2. The summed E-state index contributed by atoms with van der Waals surface area (Å²) in [5.74, 6) is 0.573. The highest BCUT2D eigenvalue weighted by Crippen LogP contribution is 2.43. The van der Waals surface area contributed by atoms with Crippen LogP contribution in [0.5, 0.6) is 0 Å². The number of fused-ring (bicyclic) bond motifs is 1. The molecular formula is C44H37N7O2. The lowest BCUT2D eigenvalue weighted by Gasteiger charge is -2.36. The van der Waals surface area contributed by atoms with Crippen molar-refractivity contribution in [2.24, 2.45) is 4.99 Å². The lowest BCUT2D eigenvalue weighted by Crippen LogP contribution is -2.39. The van der Waals surface area contributed by atoms with Crippen molar-refractivity contribution >= 4 is 17.6 Å². The molecule has 0 saturated heterocycles. The van der Waals surface area contributed by atoms with Gasteiger partial charge in [-0.25, -0.2) is 14.2 Å². The first-order valence-electron chi connectivity index (χ1n) is 17.9. The van der Waals surface area contributed by atoms with E-state index in [-0.39, 0.29) is 17.4 Å². The maximum Gasteiger partial charge on any atom is 0.279 e. The van der Waals surface area contributed by atoms with Crippen LogP contribution in [0.25, 0.3) is 22.5 Å². The molecule has 0 bridgehead atoms. The summed E-state index contributed by atoms with van der Waals surface area (Å²) in [6, 6.07) is 47.4. The number of nitrogens with zero attached hydrogens (tertiary/aromatic N) is 7. The average molecular weight is 696 g/mol. The van der Waals surface area contributed by atoms with Gasteiger partial charge in [-0.2, -0.15) is 4.98 Å². The maximum atomic E-state index is 13.3. The van der Waals surface area contributed by atoms with E-state index in [2.05, 4.69) is 82.8 Å². The molecule has 0 saturated carbocycles. The minimum absolute atomic E-state index is 0.178. The van der Waals surface area contributed by atoms with Crippen molar-refractivity contribution < 1.29 is 4.79 Å². The molecule has 53 heavy (non-hydrogen) atoms. The second-order valence-electron chi connectivity index (χ2n) is 13.2. The molecule has 0 spiro atoms. The van der Waals surface area contributed by atoms with E-state index in [0.717, 1.165) is 51.8 Å². The zero-order valence-electron chi connectivity index (χ0n) is 29.6. The summed E-state index contributed by atoms with van der Waals surface area (Å²) in [6.45, 7) is 3.75. The van der Waals surface area contributed by atoms with E-state index in [0.29, 0.717) is 35.6 Å². The Kier molecular flexibility index (Phi) is 8.98. The molecular weight excluding hydrogens is 659 g/mol. The van der Waals surface area contributed by atoms with Gasteiger partial charge < -0.3 is 0 Å². The highest BCUT2D eigenvalue weighted by molar-refractivity contribution is 6.41. The van der Waals surface area contributed by atoms with Gasteiger partial charge in [-0.3, -0.25) is 9.59 Å². The Morgan fingerprint density at radius 3 is 1.83 bits per heavy atom. The molecule has 8 rings (SSSR count). The van der Waals surface area contributed by atoms with Crippen molar-refractivity contribution in [2.45, 2.75) is 45.1 Å². The van der Waals surface area contributed by atoms with Crippen LogP contribution in [-0.4, -0.2) is 41.4 Å². The van der Waals surface area contributed by atoms with E-state index in [1.165, 1.54) is 4.57 Å². The summed E-state index contributed by atoms with van der Waals surface area (Å²) >= 11 is 0. The van der Waals surface area contributed by atoms with Crippen molar-refractivity contribution in [1.82, 2.24) is 29.8 Å². The predicted molar refractivity (Wildman–Crippen MR) is 207 cm³/mol. The summed E-state index contributed by atoms with van der Waals surface area (Å²) < 4.78 is 3.47. The van der Waals surface area contributed by atoms with Crippen LogP contribution in [0.15, 0.2) is 149 Å². The summed E-state index contributed by atoms with van der Waals surface area (Å²) in [5.41, 5.74) is 7.14. The molecule has 1 aliphatic rings. The minimum Gasteiger partial charge on any atom is -0.267 e. The molecule has 0 radical (unpaired) electrons. The SMILES string of the molecule is CCCCc1c(Cc2ccc(-c3ccccc3-c3nnnn3C(c3ccccc3)(c3ccccc3)c3ccccc3)cc2)c(=O)nc2n1C(=O)C(C)=N2. The van der Waals surface area contributed by atoms with Crippen LogP contribution in [0.1, 0.15) is 65.0 Å². The maximum absolute atomic E-state index is 13.3. The second kappa shape index (κ2) is 14.2. The van der Waals surface area contributed by atoms with Gasteiger partial charge >= 0.3 is 0 Å². The van der Waals surface area contributed by atoms with Crippen molar-refractivity contribution in [3.05, 3.63) is 183 Å². The third kappa shape index (κ3) is 5.90. The van der Waals surface area contributed by atoms with E-state index in [9.17, 15) is 9.59 Å². The van der Waals surface area contributed by atoms with Crippen LogP contribution in [-0.2, 0) is 18.4 Å². The molecule has 9 heteroatoms. The van der Waals surface area contributed by atoms with Crippen LogP contribution in [0.2, 0.25) is 0 Å². The molecule has 0 atom stereocenters. The number of aromatic nitrogens is 6. The van der Waals surface area contributed by atoms with Gasteiger partial charge in [0.15, 0.2) is 5.82 Å². The van der Waals surface area contributed by atoms with Gasteiger partial charge in [-0.1, -0.05) is 153 Å². The number of hydrogen-bond acceptors (Lipinski definition) is 7. The van der Waals surface area contributed by atoms with Crippen molar-refractivity contribution in [2.75, 3.05) is 0 Å². The van der Waals surface area contributed by atoms with Crippen LogP contribution < -0.4 is 5.56 Å². The van der Waals surface area contributed by atoms with Crippen LogP contribution in [0, 0.1) is 0 Å². The van der Waals surface area contributed by atoms with Gasteiger partial charge in [-0.15, -0.1) is 5.10 Å². The summed E-state index contributed by atoms with van der Waals surface area (Å²) in [6.07, 6.45) is 2.73. The Morgan fingerprint density at radius 2 is 1.25 bits per heavy atom. The Hall–Kier alpha value is -6.61. The summed E-state index contributed by atoms with van der Waals surface area (Å²) in [4.78, 5) is 34.8. The van der Waals surface area contributed by atoms with Gasteiger partial charge in [0.2, 0.25) is 5.95 Å². The van der Waals surface area contributed by atoms with Gasteiger partial charge in [0.1, 0.15) is 11.3 Å². The lowest BCUT2D eigenvalue weighted by atomic mass is 9.77. The van der Waals surface area contributed by atoms with Crippen LogP contribution >= 0.6 is 0 Å². The fraction of sp³-hybridized carbons (Fsp3) is 0.159. The molecule has 5 aromatic carbocycles. The molecule has 7 aromatic rings. The number of carbonyl (C=O) groups excluding carboxylic acids is 1. The number of rotatable bonds is 11. The molecule has 0 fully saturated rings. The van der Waals surface area contributed by atoms with Crippen LogP contribution in [0.3, 0.4) is 0 Å². The van der Waals surface area contributed by atoms with E-state index in [1.807, 2.05) is 83.5 Å². The third-order valence-electron chi connectivity index (χ3n) is 10.0. The number of hydrogen-bond donors (Lipinski definition) is 0. The van der Waals surface area contributed by atoms with Gasteiger partial charge in [0.25, 0.3) is 11.5 Å². The molecule has 1 aliphatic heterocycles. The van der Waals surface area contributed by atoms with E-state index < -0.39 is 5.54 Å². The smallest absolute Gasteiger partial charge is 0.267 e. The third-order valence-corrected chi connectivity index (χ3v) is 10.0.